The first-order valence-corrected chi connectivity index (χ1v) is 8.35. The van der Waals surface area contributed by atoms with E-state index in [1.54, 1.807) is 0 Å². The molecule has 0 aliphatic carbocycles. The van der Waals surface area contributed by atoms with Gasteiger partial charge in [0.1, 0.15) is 0 Å². The van der Waals surface area contributed by atoms with E-state index in [1.807, 2.05) is 12.1 Å². The van der Waals surface area contributed by atoms with Crippen molar-refractivity contribution in [1.29, 1.82) is 0 Å². The van der Waals surface area contributed by atoms with E-state index in [0.717, 1.165) is 35.1 Å². The number of nitrogens with one attached hydrogen (secondary N) is 2. The molecule has 1 aromatic rings. The highest BCUT2D eigenvalue weighted by Gasteiger charge is 2.41. The number of hydrogen-bond acceptors (Lipinski definition) is 4. The monoisotopic (exact) mass is 330 g/mol. The summed E-state index contributed by atoms with van der Waals surface area (Å²) in [6.07, 6.45) is 2.59. The number of halogens is 1. The highest BCUT2D eigenvalue weighted by Crippen LogP contribution is 2.32. The molecular weight excluding hydrogens is 312 g/mol. The number of urea groups is 1. The Bertz CT molecular complexity index is 502. The molecule has 5 nitrogen and oxygen atoms in total. The number of rotatable bonds is 3. The van der Waals surface area contributed by atoms with Crippen LogP contribution in [-0.4, -0.2) is 37.5 Å². The quantitative estimate of drug-likeness (QED) is 0.895. The predicted molar refractivity (Wildman–Crippen MR) is 81.8 cm³/mol. The molecule has 0 saturated carbocycles. The van der Waals surface area contributed by atoms with Crippen LogP contribution in [0.3, 0.4) is 0 Å². The van der Waals surface area contributed by atoms with E-state index in [4.69, 9.17) is 21.1 Å². The van der Waals surface area contributed by atoms with Gasteiger partial charge in [0.25, 0.3) is 0 Å². The van der Waals surface area contributed by atoms with Crippen molar-refractivity contribution in [3.05, 3.63) is 21.3 Å². The van der Waals surface area contributed by atoms with Gasteiger partial charge in [-0.05, 0) is 25.0 Å². The van der Waals surface area contributed by atoms with Gasteiger partial charge in [-0.15, -0.1) is 11.3 Å². The second-order valence-electron chi connectivity index (χ2n) is 5.56. The van der Waals surface area contributed by atoms with Crippen molar-refractivity contribution in [2.45, 2.75) is 37.5 Å². The number of carbonyl (C=O) groups is 1. The summed E-state index contributed by atoms with van der Waals surface area (Å²) in [5.41, 5.74) is -0.183. The van der Waals surface area contributed by atoms with Gasteiger partial charge in [0.15, 0.2) is 0 Å². The minimum absolute atomic E-state index is 0.138. The van der Waals surface area contributed by atoms with Crippen LogP contribution in [0, 0.1) is 0 Å². The summed E-state index contributed by atoms with van der Waals surface area (Å²) in [5, 5.41) is 5.90. The van der Waals surface area contributed by atoms with Crippen molar-refractivity contribution in [2.75, 3.05) is 19.8 Å². The molecule has 3 rings (SSSR count). The Morgan fingerprint density at radius 3 is 3.10 bits per heavy atom. The van der Waals surface area contributed by atoms with Crippen molar-refractivity contribution in [3.63, 3.8) is 0 Å². The van der Waals surface area contributed by atoms with E-state index in [2.05, 4.69) is 10.6 Å². The van der Waals surface area contributed by atoms with E-state index in [9.17, 15) is 4.79 Å². The van der Waals surface area contributed by atoms with Crippen LogP contribution in [0.2, 0.25) is 4.34 Å². The molecule has 2 N–H and O–H groups in total. The minimum atomic E-state index is -0.183. The zero-order valence-electron chi connectivity index (χ0n) is 11.7. The molecule has 0 unspecified atom stereocenters. The summed E-state index contributed by atoms with van der Waals surface area (Å²) in [4.78, 5) is 13.0. The summed E-state index contributed by atoms with van der Waals surface area (Å²) in [7, 11) is 0. The second-order valence-corrected chi connectivity index (χ2v) is 7.36. The van der Waals surface area contributed by atoms with Gasteiger partial charge in [0.2, 0.25) is 0 Å². The van der Waals surface area contributed by atoms with Crippen molar-refractivity contribution in [2.24, 2.45) is 0 Å². The Labute approximate surface area is 133 Å². The van der Waals surface area contributed by atoms with Crippen LogP contribution in [0.15, 0.2) is 12.1 Å². The van der Waals surface area contributed by atoms with Crippen LogP contribution in [0.25, 0.3) is 0 Å². The Hall–Kier alpha value is -0.820. The molecule has 2 amide bonds. The van der Waals surface area contributed by atoms with Gasteiger partial charge in [0.05, 0.1) is 23.1 Å². The van der Waals surface area contributed by atoms with Gasteiger partial charge in [-0.2, -0.15) is 0 Å². The van der Waals surface area contributed by atoms with E-state index in [0.29, 0.717) is 19.8 Å². The molecule has 21 heavy (non-hydrogen) atoms. The lowest BCUT2D eigenvalue weighted by Gasteiger charge is -2.37. The van der Waals surface area contributed by atoms with E-state index in [1.165, 1.54) is 11.3 Å². The Morgan fingerprint density at radius 1 is 1.48 bits per heavy atom. The molecule has 0 bridgehead atoms. The van der Waals surface area contributed by atoms with Gasteiger partial charge in [-0.3, -0.25) is 0 Å². The number of hydrogen-bond donors (Lipinski definition) is 2. The van der Waals surface area contributed by atoms with Gasteiger partial charge in [0, 0.05) is 30.6 Å². The maximum absolute atomic E-state index is 12.0. The largest absolute Gasteiger partial charge is 0.378 e. The molecule has 0 radical (unpaired) electrons. The molecule has 116 valence electrons. The third kappa shape index (κ3) is 3.88. The first-order valence-electron chi connectivity index (χ1n) is 7.16. The second kappa shape index (κ2) is 6.52. The summed E-state index contributed by atoms with van der Waals surface area (Å²) in [5.74, 6) is 0. The maximum atomic E-state index is 12.0. The van der Waals surface area contributed by atoms with E-state index in [-0.39, 0.29) is 17.7 Å². The Kier molecular flexibility index (Phi) is 4.69. The predicted octanol–water partition coefficient (Wildman–Crippen LogP) is 2.54. The smallest absolute Gasteiger partial charge is 0.315 e. The lowest BCUT2D eigenvalue weighted by molar-refractivity contribution is -0.0878. The van der Waals surface area contributed by atoms with Crippen LogP contribution in [0.5, 0.6) is 0 Å². The van der Waals surface area contributed by atoms with Crippen LogP contribution >= 0.6 is 22.9 Å². The van der Waals surface area contributed by atoms with Gasteiger partial charge in [-0.25, -0.2) is 4.79 Å². The van der Waals surface area contributed by atoms with Crippen molar-refractivity contribution < 1.29 is 14.3 Å². The summed E-state index contributed by atoms with van der Waals surface area (Å²) >= 11 is 7.34. The zero-order valence-corrected chi connectivity index (χ0v) is 13.3. The van der Waals surface area contributed by atoms with Crippen LogP contribution in [-0.2, 0) is 16.0 Å². The van der Waals surface area contributed by atoms with Crippen LogP contribution in [0.1, 0.15) is 24.1 Å². The molecule has 2 saturated heterocycles. The van der Waals surface area contributed by atoms with Crippen LogP contribution in [0.4, 0.5) is 4.79 Å². The van der Waals surface area contributed by atoms with E-state index < -0.39 is 0 Å². The molecule has 3 heterocycles. The third-order valence-corrected chi connectivity index (χ3v) is 5.18. The summed E-state index contributed by atoms with van der Waals surface area (Å²) in [6, 6.07) is 3.77. The highest BCUT2D eigenvalue weighted by molar-refractivity contribution is 7.16. The van der Waals surface area contributed by atoms with Gasteiger partial charge < -0.3 is 20.1 Å². The zero-order chi connectivity index (χ0) is 14.7. The standard InChI is InChI=1S/C14H19ClN2O3S/c15-12-2-1-11(21-12)8-16-13(18)17-10-3-5-20-14(7-10)4-6-19-9-14/h1-2,10H,3-9H2,(H2,16,17,18)/t10-,14-/m0/s1. The van der Waals surface area contributed by atoms with Gasteiger partial charge >= 0.3 is 6.03 Å². The average molecular weight is 331 g/mol. The fourth-order valence-electron chi connectivity index (χ4n) is 2.86. The summed E-state index contributed by atoms with van der Waals surface area (Å²) in [6.45, 7) is 2.56. The normalized spacial score (nSPS) is 28.7. The van der Waals surface area contributed by atoms with Crippen molar-refractivity contribution >= 4 is 29.0 Å². The number of carbonyl (C=O) groups excluding carboxylic acids is 1. The number of ether oxygens (including phenoxy) is 2. The highest BCUT2D eigenvalue weighted by atomic mass is 35.5. The molecule has 1 spiro atoms. The molecule has 2 atom stereocenters. The SMILES string of the molecule is O=C(NCc1ccc(Cl)s1)N[C@H]1CCO[C@@]2(CCOC2)C1. The Balaban J connectivity index is 1.46. The first kappa shape index (κ1) is 15.1. The van der Waals surface area contributed by atoms with Crippen LogP contribution < -0.4 is 10.6 Å². The molecular formula is C14H19ClN2O3S. The van der Waals surface area contributed by atoms with Crippen molar-refractivity contribution in [1.82, 2.24) is 10.6 Å². The minimum Gasteiger partial charge on any atom is -0.378 e. The topological polar surface area (TPSA) is 59.6 Å². The number of amides is 2. The molecule has 2 fully saturated rings. The fraction of sp³-hybridized carbons (Fsp3) is 0.643. The van der Waals surface area contributed by atoms with Crippen molar-refractivity contribution in [3.8, 4) is 0 Å². The molecule has 2 aliphatic heterocycles. The molecule has 0 aromatic carbocycles. The fourth-order valence-corrected chi connectivity index (χ4v) is 3.89. The molecule has 2 aliphatic rings. The van der Waals surface area contributed by atoms with E-state index >= 15 is 0 Å². The third-order valence-electron chi connectivity index (χ3n) is 3.95. The Morgan fingerprint density at radius 2 is 2.38 bits per heavy atom. The lowest BCUT2D eigenvalue weighted by Crippen LogP contribution is -2.51. The maximum Gasteiger partial charge on any atom is 0.315 e. The number of thiophene rings is 1. The lowest BCUT2D eigenvalue weighted by atomic mass is 9.90. The first-order chi connectivity index (χ1) is 10.2. The van der Waals surface area contributed by atoms with Gasteiger partial charge in [-0.1, -0.05) is 11.6 Å². The molecule has 7 heteroatoms. The average Bonchev–Trinajstić information content (AvgIpc) is 3.06. The molecule has 1 aromatic heterocycles. The summed E-state index contributed by atoms with van der Waals surface area (Å²) < 4.78 is 12.0.